The molecule has 3 aliphatic heterocycles. The van der Waals surface area contributed by atoms with Crippen LogP contribution < -0.4 is 19.7 Å². The van der Waals surface area contributed by atoms with Crippen molar-refractivity contribution in [1.29, 1.82) is 5.26 Å². The third-order valence-corrected chi connectivity index (χ3v) is 8.41. The van der Waals surface area contributed by atoms with Crippen LogP contribution in [0.1, 0.15) is 12.0 Å². The minimum absolute atomic E-state index is 0.174. The summed E-state index contributed by atoms with van der Waals surface area (Å²) in [6.07, 6.45) is -0.660. The maximum Gasteiger partial charge on any atom is 0.248 e. The summed E-state index contributed by atoms with van der Waals surface area (Å²) in [7, 11) is 1.65. The summed E-state index contributed by atoms with van der Waals surface area (Å²) in [5.74, 6) is 1.10. The molecule has 0 aliphatic carbocycles. The Balaban J connectivity index is 1.12. The van der Waals surface area contributed by atoms with Gasteiger partial charge in [-0.15, -0.1) is 0 Å². The summed E-state index contributed by atoms with van der Waals surface area (Å²) in [6, 6.07) is 13.4. The summed E-state index contributed by atoms with van der Waals surface area (Å²) >= 11 is 0. The van der Waals surface area contributed by atoms with Gasteiger partial charge in [0.1, 0.15) is 36.6 Å². The smallest absolute Gasteiger partial charge is 0.248 e. The molecule has 13 nitrogen and oxygen atoms in total. The van der Waals surface area contributed by atoms with Crippen LogP contribution in [0.4, 0.5) is 21.7 Å². The fraction of sp³-hybridized carbons (Fsp3) is 0.452. The van der Waals surface area contributed by atoms with E-state index in [2.05, 4.69) is 36.1 Å². The van der Waals surface area contributed by atoms with Crippen LogP contribution in [0.5, 0.6) is 11.5 Å². The van der Waals surface area contributed by atoms with Crippen LogP contribution in [0.3, 0.4) is 0 Å². The molecule has 1 aromatic heterocycles. The van der Waals surface area contributed by atoms with E-state index in [1.54, 1.807) is 25.3 Å². The number of amides is 1. The topological polar surface area (TPSA) is 149 Å². The molecule has 4 heterocycles. The van der Waals surface area contributed by atoms with Crippen LogP contribution in [0.15, 0.2) is 42.7 Å². The number of nitriles is 1. The number of aliphatic hydroxyl groups excluding tert-OH is 1. The summed E-state index contributed by atoms with van der Waals surface area (Å²) in [5, 5.41) is 22.1. The highest BCUT2D eigenvalue weighted by atomic mass is 19.1. The molecule has 0 saturated carbocycles. The van der Waals surface area contributed by atoms with Gasteiger partial charge in [-0.05, 0) is 30.3 Å². The monoisotopic (exact) mass is 618 g/mol. The number of carbonyl (C=O) groups is 1. The number of benzene rings is 2. The average Bonchev–Trinajstić information content (AvgIpc) is 3.05. The summed E-state index contributed by atoms with van der Waals surface area (Å²) in [5.41, 5.74) is 2.53. The Morgan fingerprint density at radius 2 is 1.96 bits per heavy atom. The van der Waals surface area contributed by atoms with Crippen LogP contribution in [0.25, 0.3) is 11.4 Å². The first-order chi connectivity index (χ1) is 21.9. The number of halogens is 1. The van der Waals surface area contributed by atoms with Gasteiger partial charge in [0.25, 0.3) is 0 Å². The second-order valence-electron chi connectivity index (χ2n) is 11.1. The van der Waals surface area contributed by atoms with E-state index in [9.17, 15) is 14.4 Å². The molecule has 236 valence electrons. The van der Waals surface area contributed by atoms with Crippen molar-refractivity contribution >= 4 is 23.2 Å². The number of piperidine rings is 1. The zero-order chi connectivity index (χ0) is 31.3. The highest BCUT2D eigenvalue weighted by molar-refractivity contribution is 5.77. The van der Waals surface area contributed by atoms with E-state index in [1.807, 2.05) is 18.2 Å². The number of anilines is 3. The van der Waals surface area contributed by atoms with E-state index in [4.69, 9.17) is 19.3 Å². The minimum atomic E-state index is -1.46. The number of rotatable bonds is 9. The summed E-state index contributed by atoms with van der Waals surface area (Å²) in [6.45, 7) is 4.83. The van der Waals surface area contributed by atoms with Crippen molar-refractivity contribution in [1.82, 2.24) is 24.8 Å². The molecule has 2 atom stereocenters. The van der Waals surface area contributed by atoms with Gasteiger partial charge in [-0.25, -0.2) is 14.4 Å². The highest BCUT2D eigenvalue weighted by Gasteiger charge is 2.33. The van der Waals surface area contributed by atoms with Crippen molar-refractivity contribution in [3.05, 3.63) is 48.3 Å². The van der Waals surface area contributed by atoms with Crippen molar-refractivity contribution in [3.8, 4) is 29.0 Å². The van der Waals surface area contributed by atoms with Crippen molar-refractivity contribution in [2.75, 3.05) is 76.4 Å². The summed E-state index contributed by atoms with van der Waals surface area (Å²) in [4.78, 5) is 30.9. The molecular weight excluding hydrogens is 583 g/mol. The Bertz CT molecular complexity index is 1560. The molecule has 0 bridgehead atoms. The maximum atomic E-state index is 14.8. The number of nitrogens with one attached hydrogen (secondary N) is 1. The van der Waals surface area contributed by atoms with Crippen LogP contribution >= 0.6 is 0 Å². The van der Waals surface area contributed by atoms with Crippen molar-refractivity contribution < 1.29 is 28.5 Å². The molecular formula is C31H35FN8O5. The van der Waals surface area contributed by atoms with E-state index < -0.39 is 24.8 Å². The zero-order valence-electron chi connectivity index (χ0n) is 24.9. The van der Waals surface area contributed by atoms with Crippen molar-refractivity contribution in [2.24, 2.45) is 0 Å². The summed E-state index contributed by atoms with van der Waals surface area (Å²) < 4.78 is 31.7. The number of aliphatic hydroxyl groups is 1. The number of hydrogen-bond donors (Lipinski definition) is 2. The second-order valence-corrected chi connectivity index (χ2v) is 11.1. The van der Waals surface area contributed by atoms with Gasteiger partial charge in [0.2, 0.25) is 11.9 Å². The first kappa shape index (κ1) is 30.4. The van der Waals surface area contributed by atoms with E-state index in [0.29, 0.717) is 23.4 Å². The molecule has 3 aliphatic rings. The second kappa shape index (κ2) is 13.6. The quantitative estimate of drug-likeness (QED) is 0.361. The Labute approximate surface area is 260 Å². The lowest BCUT2D eigenvalue weighted by Crippen LogP contribution is -2.56. The van der Waals surface area contributed by atoms with Crippen LogP contribution in [-0.2, 0) is 9.53 Å². The number of alkyl halides is 1. The Morgan fingerprint density at radius 1 is 1.13 bits per heavy atom. The SMILES string of the molecule is COc1cc(Nc2ncnc(-c3ccc(O[C@H]4CCN(C(=O)CO)C[C@@H]4F)c(C#N)c3)n2)ccc1N1CCN(C2COC2)CC1. The van der Waals surface area contributed by atoms with Crippen LogP contribution in [0.2, 0.25) is 0 Å². The predicted molar refractivity (Wildman–Crippen MR) is 162 cm³/mol. The Kier molecular flexibility index (Phi) is 9.20. The molecule has 0 spiro atoms. The largest absolute Gasteiger partial charge is 0.495 e. The number of ether oxygens (including phenoxy) is 3. The van der Waals surface area contributed by atoms with E-state index >= 15 is 0 Å². The number of carbonyl (C=O) groups excluding carboxylic acids is 1. The first-order valence-electron chi connectivity index (χ1n) is 14.9. The van der Waals surface area contributed by atoms with Gasteiger partial charge in [-0.3, -0.25) is 9.69 Å². The number of methoxy groups -OCH3 is 1. The lowest BCUT2D eigenvalue weighted by Gasteiger charge is -2.43. The standard InChI is InChI=1S/C31H35FN8O5/c1-43-28-13-22(3-4-25(28)39-10-8-38(9-11-39)23-17-44-18-23)36-31-35-19-34-30(37-31)20-2-5-26(21(12-20)14-33)45-27-6-7-40(15-24(27)32)29(42)16-41/h2-5,12-13,19,23-24,27,41H,6-11,15-18H2,1H3,(H,34,35,36,37)/t24-,27-/m0/s1. The zero-order valence-corrected chi connectivity index (χ0v) is 24.9. The third kappa shape index (κ3) is 6.75. The normalized spacial score (nSPS) is 20.7. The lowest BCUT2D eigenvalue weighted by atomic mass is 10.0. The van der Waals surface area contributed by atoms with Gasteiger partial charge >= 0.3 is 0 Å². The first-order valence-corrected chi connectivity index (χ1v) is 14.9. The van der Waals surface area contributed by atoms with Gasteiger partial charge < -0.3 is 34.4 Å². The van der Waals surface area contributed by atoms with E-state index in [0.717, 1.165) is 56.5 Å². The van der Waals surface area contributed by atoms with Gasteiger partial charge in [-0.1, -0.05) is 0 Å². The lowest BCUT2D eigenvalue weighted by molar-refractivity contribution is -0.138. The molecule has 2 N–H and O–H groups in total. The molecule has 6 rings (SSSR count). The van der Waals surface area contributed by atoms with Crippen molar-refractivity contribution in [2.45, 2.75) is 24.7 Å². The van der Waals surface area contributed by atoms with Crippen molar-refractivity contribution in [3.63, 3.8) is 0 Å². The van der Waals surface area contributed by atoms with Crippen LogP contribution in [0, 0.1) is 11.3 Å². The highest BCUT2D eigenvalue weighted by Crippen LogP contribution is 2.34. The number of aromatic nitrogens is 3. The molecule has 0 radical (unpaired) electrons. The Hall–Kier alpha value is -4.58. The predicted octanol–water partition coefficient (Wildman–Crippen LogP) is 1.99. The van der Waals surface area contributed by atoms with Crippen LogP contribution in [-0.4, -0.2) is 120 Å². The molecule has 3 fully saturated rings. The Morgan fingerprint density at radius 3 is 2.64 bits per heavy atom. The van der Waals surface area contributed by atoms with Gasteiger partial charge in [-0.2, -0.15) is 10.2 Å². The van der Waals surface area contributed by atoms with Gasteiger partial charge in [0.15, 0.2) is 12.0 Å². The number of likely N-dealkylation sites (tertiary alicyclic amines) is 1. The van der Waals surface area contributed by atoms with Gasteiger partial charge in [0, 0.05) is 56.5 Å². The fourth-order valence-electron chi connectivity index (χ4n) is 5.77. The molecule has 14 heteroatoms. The molecule has 2 aromatic carbocycles. The van der Waals surface area contributed by atoms with E-state index in [-0.39, 0.29) is 30.8 Å². The fourth-order valence-corrected chi connectivity index (χ4v) is 5.77. The molecule has 3 saturated heterocycles. The number of hydrogen-bond acceptors (Lipinski definition) is 12. The number of nitrogens with zero attached hydrogens (tertiary/aromatic N) is 7. The molecule has 0 unspecified atom stereocenters. The maximum absolute atomic E-state index is 14.8. The molecule has 1 amide bonds. The van der Waals surface area contributed by atoms with E-state index in [1.165, 1.54) is 11.2 Å². The minimum Gasteiger partial charge on any atom is -0.495 e. The van der Waals surface area contributed by atoms with Gasteiger partial charge in [0.05, 0.1) is 44.2 Å². The molecule has 3 aromatic rings. The third-order valence-electron chi connectivity index (χ3n) is 8.41. The number of piperazine rings is 1. The molecule has 45 heavy (non-hydrogen) atoms. The average molecular weight is 619 g/mol.